The van der Waals surface area contributed by atoms with E-state index >= 15 is 0 Å². The van der Waals surface area contributed by atoms with Crippen molar-refractivity contribution in [3.05, 3.63) is 222 Å². The van der Waals surface area contributed by atoms with Crippen molar-refractivity contribution < 1.29 is 0 Å². The molecule has 0 radical (unpaired) electrons. The molecule has 3 aliphatic carbocycles. The predicted octanol–water partition coefficient (Wildman–Crippen LogP) is 16.5. The van der Waals surface area contributed by atoms with Crippen molar-refractivity contribution in [3.63, 3.8) is 0 Å². The minimum absolute atomic E-state index is 0.0559. The largest absolute Gasteiger partial charge is 0.310 e. The fourth-order valence-corrected chi connectivity index (χ4v) is 11.7. The van der Waals surface area contributed by atoms with Crippen molar-refractivity contribution in [2.24, 2.45) is 0 Å². The first-order valence-electron chi connectivity index (χ1n) is 22.1. The van der Waals surface area contributed by atoms with Crippen LogP contribution in [0.5, 0.6) is 0 Å². The van der Waals surface area contributed by atoms with Crippen LogP contribution < -0.4 is 4.90 Å². The van der Waals surface area contributed by atoms with Crippen molar-refractivity contribution in [1.82, 2.24) is 0 Å². The minimum Gasteiger partial charge on any atom is -0.310 e. The number of nitrogens with zero attached hydrogens (tertiary/aromatic N) is 1. The third-order valence-corrected chi connectivity index (χ3v) is 14.4. The Bertz CT molecular complexity index is 3170. The highest BCUT2D eigenvalue weighted by Gasteiger charge is 2.45. The Morgan fingerprint density at radius 1 is 0.377 bits per heavy atom. The van der Waals surface area contributed by atoms with Crippen LogP contribution in [0.15, 0.2) is 200 Å². The van der Waals surface area contributed by atoms with Gasteiger partial charge in [0.1, 0.15) is 0 Å². The molecule has 1 spiro atoms. The maximum atomic E-state index is 2.56. The molecule has 0 aromatic heterocycles. The van der Waals surface area contributed by atoms with Crippen LogP contribution in [-0.4, -0.2) is 0 Å². The van der Waals surface area contributed by atoms with E-state index in [-0.39, 0.29) is 10.8 Å². The first-order valence-corrected chi connectivity index (χ1v) is 22.1. The smallest absolute Gasteiger partial charge is 0.0540 e. The van der Waals surface area contributed by atoms with Crippen LogP contribution in [0.2, 0.25) is 0 Å². The van der Waals surface area contributed by atoms with Gasteiger partial charge in [0.15, 0.2) is 0 Å². The summed E-state index contributed by atoms with van der Waals surface area (Å²) < 4.78 is 0. The Hall–Kier alpha value is -6.96. The molecule has 1 heteroatoms. The lowest BCUT2D eigenvalue weighted by atomic mass is 9.76. The van der Waals surface area contributed by atoms with Gasteiger partial charge in [-0.3, -0.25) is 0 Å². The highest BCUT2D eigenvalue weighted by molar-refractivity contribution is 6.09. The first kappa shape index (κ1) is 35.9. The number of para-hydroxylation sites is 1. The van der Waals surface area contributed by atoms with Crippen molar-refractivity contribution in [2.45, 2.75) is 50.4 Å². The summed E-state index contributed by atoms with van der Waals surface area (Å²) in [4.78, 5) is 2.55. The van der Waals surface area contributed by atoms with E-state index in [0.717, 1.165) is 11.4 Å². The molecule has 0 amide bonds. The molecule has 0 saturated heterocycles. The van der Waals surface area contributed by atoms with Crippen molar-refractivity contribution >= 4 is 27.8 Å². The minimum atomic E-state index is -0.125. The average Bonchev–Trinajstić information content (AvgIpc) is 3.99. The van der Waals surface area contributed by atoms with Gasteiger partial charge in [0, 0.05) is 27.8 Å². The molecule has 9 aromatic rings. The molecule has 61 heavy (non-hydrogen) atoms. The van der Waals surface area contributed by atoms with Crippen LogP contribution >= 0.6 is 0 Å². The lowest BCUT2D eigenvalue weighted by Crippen LogP contribution is -2.21. The maximum Gasteiger partial charge on any atom is 0.0540 e. The van der Waals surface area contributed by atoms with Crippen LogP contribution in [0.3, 0.4) is 0 Å². The van der Waals surface area contributed by atoms with Gasteiger partial charge in [-0.15, -0.1) is 0 Å². The maximum absolute atomic E-state index is 2.56. The van der Waals surface area contributed by atoms with Crippen molar-refractivity contribution in [1.29, 1.82) is 0 Å². The summed E-state index contributed by atoms with van der Waals surface area (Å²) >= 11 is 0. The van der Waals surface area contributed by atoms with E-state index in [0.29, 0.717) is 0 Å². The Morgan fingerprint density at radius 3 is 1.74 bits per heavy atom. The average molecular weight is 782 g/mol. The molecule has 0 atom stereocenters. The number of rotatable bonds is 6. The zero-order chi connectivity index (χ0) is 40.7. The van der Waals surface area contributed by atoms with Gasteiger partial charge >= 0.3 is 0 Å². The van der Waals surface area contributed by atoms with Crippen molar-refractivity contribution in [2.75, 3.05) is 4.90 Å². The molecule has 292 valence electrons. The molecular weight excluding hydrogens is 735 g/mol. The monoisotopic (exact) mass is 781 g/mol. The second-order valence-corrected chi connectivity index (χ2v) is 17.9. The van der Waals surface area contributed by atoms with Gasteiger partial charge in [-0.25, -0.2) is 0 Å². The Kier molecular flexibility index (Phi) is 8.13. The molecule has 0 unspecified atom stereocenters. The van der Waals surface area contributed by atoms with Gasteiger partial charge in [0.2, 0.25) is 0 Å². The number of hydrogen-bond donors (Lipinski definition) is 0. The van der Waals surface area contributed by atoms with Crippen LogP contribution in [0, 0.1) is 0 Å². The van der Waals surface area contributed by atoms with Gasteiger partial charge in [-0.2, -0.15) is 0 Å². The van der Waals surface area contributed by atoms with Crippen LogP contribution in [0.4, 0.5) is 17.1 Å². The van der Waals surface area contributed by atoms with Gasteiger partial charge in [-0.05, 0) is 126 Å². The molecule has 9 aromatic carbocycles. The molecular formula is C60H47N. The normalized spacial score (nSPS) is 15.0. The second-order valence-electron chi connectivity index (χ2n) is 17.9. The summed E-state index contributed by atoms with van der Waals surface area (Å²) in [6.07, 6.45) is 4.92. The second kappa shape index (κ2) is 13.8. The van der Waals surface area contributed by atoms with Crippen LogP contribution in [0.1, 0.15) is 61.8 Å². The lowest BCUT2D eigenvalue weighted by Gasteiger charge is -2.31. The Labute approximate surface area is 359 Å². The van der Waals surface area contributed by atoms with E-state index in [2.05, 4.69) is 219 Å². The van der Waals surface area contributed by atoms with Gasteiger partial charge in [0.05, 0.1) is 5.69 Å². The highest BCUT2D eigenvalue weighted by Crippen LogP contribution is 2.58. The zero-order valence-corrected chi connectivity index (χ0v) is 34.8. The van der Waals surface area contributed by atoms with Crippen LogP contribution in [0.25, 0.3) is 66.4 Å². The Balaban J connectivity index is 1.10. The third-order valence-electron chi connectivity index (χ3n) is 14.4. The molecule has 0 heterocycles. The first-order chi connectivity index (χ1) is 30.0. The summed E-state index contributed by atoms with van der Waals surface area (Å²) in [7, 11) is 0. The molecule has 0 N–H and O–H groups in total. The number of benzene rings is 9. The topological polar surface area (TPSA) is 3.24 Å². The zero-order valence-electron chi connectivity index (χ0n) is 34.8. The van der Waals surface area contributed by atoms with Gasteiger partial charge in [0.25, 0.3) is 0 Å². The summed E-state index contributed by atoms with van der Waals surface area (Å²) in [6, 6.07) is 75.2. The summed E-state index contributed by atoms with van der Waals surface area (Å²) in [6.45, 7) is 4.78. The van der Waals surface area contributed by atoms with E-state index in [4.69, 9.17) is 0 Å². The number of anilines is 3. The number of fused-ring (bicyclic) bond motifs is 9. The Morgan fingerprint density at radius 2 is 0.934 bits per heavy atom. The van der Waals surface area contributed by atoms with Crippen LogP contribution in [-0.2, 0) is 10.8 Å². The molecule has 0 bridgehead atoms. The third kappa shape index (κ3) is 5.39. The molecule has 3 aliphatic rings. The SMILES string of the molecule is CC1(C)c2ccccc2-c2cccc(-c3cccc(N(c4ccc5c(c4)C4(CCCC4)c4ccccc4-5)c4ccccc4-c4cccc5cccc(-c6ccccc6)c45)c3)c21. The quantitative estimate of drug-likeness (QED) is 0.162. The fraction of sp³-hybridized carbons (Fsp3) is 0.133. The predicted molar refractivity (Wildman–Crippen MR) is 257 cm³/mol. The standard InChI is InChI=1S/C60H47N/c1-59(2)53-31-9-6-25-48(53)52-30-17-28-46(58(52)59)42-22-14-23-43(38-42)61(44-34-35-49-47-24-7-10-32-54(47)60(55(49)39-44)36-12-13-37-60)56-33-11-8-26-50(56)51-29-16-21-41-20-15-27-45(57(41)51)40-18-4-3-5-19-40/h3-11,14-35,38-39H,12-13,36-37H2,1-2H3. The molecule has 1 fully saturated rings. The summed E-state index contributed by atoms with van der Waals surface area (Å²) in [5.41, 5.74) is 22.2. The van der Waals surface area contributed by atoms with E-state index < -0.39 is 0 Å². The summed E-state index contributed by atoms with van der Waals surface area (Å²) in [5, 5.41) is 2.51. The van der Waals surface area contributed by atoms with E-state index in [1.54, 1.807) is 0 Å². The summed E-state index contributed by atoms with van der Waals surface area (Å²) in [5.74, 6) is 0. The fourth-order valence-electron chi connectivity index (χ4n) is 11.7. The van der Waals surface area contributed by atoms with Crippen molar-refractivity contribution in [3.8, 4) is 55.6 Å². The van der Waals surface area contributed by atoms with E-state index in [1.165, 1.54) is 120 Å². The molecule has 1 saturated carbocycles. The van der Waals surface area contributed by atoms with Gasteiger partial charge in [-0.1, -0.05) is 197 Å². The van der Waals surface area contributed by atoms with Gasteiger partial charge < -0.3 is 4.90 Å². The van der Waals surface area contributed by atoms with E-state index in [9.17, 15) is 0 Å². The molecule has 1 nitrogen and oxygen atoms in total. The lowest BCUT2D eigenvalue weighted by molar-refractivity contribution is 0.550. The van der Waals surface area contributed by atoms with E-state index in [1.807, 2.05) is 0 Å². The number of hydrogen-bond acceptors (Lipinski definition) is 1. The molecule has 12 rings (SSSR count). The molecule has 0 aliphatic heterocycles. The highest BCUT2D eigenvalue weighted by atomic mass is 15.1.